The fourth-order valence-corrected chi connectivity index (χ4v) is 13.2. The number of rotatable bonds is 14. The molecule has 2 amide bonds. The van der Waals surface area contributed by atoms with Crippen molar-refractivity contribution in [3.63, 3.8) is 0 Å². The van der Waals surface area contributed by atoms with Crippen molar-refractivity contribution >= 4 is 136 Å². The zero-order valence-corrected chi connectivity index (χ0v) is 69.7. The van der Waals surface area contributed by atoms with E-state index in [1.165, 1.54) is 14.0 Å². The first-order valence-electron chi connectivity index (χ1n) is 37.5. The van der Waals surface area contributed by atoms with Crippen molar-refractivity contribution in [1.82, 2.24) is 100.0 Å². The van der Waals surface area contributed by atoms with Gasteiger partial charge in [0.25, 0.3) is 0 Å². The highest BCUT2D eigenvalue weighted by Gasteiger charge is 2.35. The number of Topliss-reactive ketones (excluding diaryl/α,β-unsaturated/α-hetero) is 2. The van der Waals surface area contributed by atoms with Gasteiger partial charge in [0, 0.05) is 70.3 Å². The monoisotopic (exact) mass is 1650 g/mol. The first kappa shape index (κ1) is 84.8. The largest absolute Gasteiger partial charge is 0.468 e. The van der Waals surface area contributed by atoms with E-state index in [9.17, 15) is 19.2 Å². The van der Waals surface area contributed by atoms with E-state index in [0.717, 1.165) is 88.2 Å². The van der Waals surface area contributed by atoms with Crippen LogP contribution in [0.15, 0.2) is 236 Å². The number of pyridine rings is 5. The van der Waals surface area contributed by atoms with E-state index < -0.39 is 27.7 Å². The highest BCUT2D eigenvalue weighted by atomic mass is 35.5. The molecule has 31 heteroatoms. The van der Waals surface area contributed by atoms with Gasteiger partial charge in [-0.3, -0.25) is 39.3 Å². The lowest BCUT2D eigenvalue weighted by Gasteiger charge is -2.23. The van der Waals surface area contributed by atoms with Crippen LogP contribution in [-0.2, 0) is 41.4 Å². The average molecular weight is 1650 g/mol. The molecule has 12 heterocycles. The number of halogens is 3. The third-order valence-corrected chi connectivity index (χ3v) is 20.9. The zero-order valence-electron chi connectivity index (χ0n) is 67.4. The van der Waals surface area contributed by atoms with Crippen LogP contribution in [-0.4, -0.2) is 137 Å². The number of amides is 2. The molecule has 0 aliphatic rings. The molecule has 0 spiro atoms. The molecule has 0 unspecified atom stereocenters. The van der Waals surface area contributed by atoms with Gasteiger partial charge in [0.05, 0.1) is 68.6 Å². The number of primary amides is 1. The van der Waals surface area contributed by atoms with Gasteiger partial charge in [-0.05, 0) is 244 Å². The van der Waals surface area contributed by atoms with Crippen LogP contribution >= 0.6 is 34.8 Å². The lowest BCUT2D eigenvalue weighted by Crippen LogP contribution is -2.34. The minimum Gasteiger partial charge on any atom is -0.468 e. The normalized spacial score (nSPS) is 11.8. The standard InChI is InChI=1S/C20H20N8O.C19H17N5O.C17H14ClN5.C14H16N2O.C14H15NO2.C4H2Cl2N2/c1-12(23-26-19(21)29)15-8-9-17-24-25-18(28(17)27-15)20(2,3)14-6-7-16-13(11-14)5-4-10-22-16;1-12(25)15-8-9-17-21-22-18(24(17)23-15)19(2,3)14-6-7-16-13(11-14)5-4-10-20-16;1-17(2,12-5-6-13-11(10-12)4-3-9-19-13)16-21-20-15-8-7-14(18)22-23(15)16;1-14(2,13(17)9-15)11-5-6-12-10(8-11)4-3-7-16-12;1-14(2,13(16)17-3)11-6-7-12-10(9-11)5-4-8-15-12;5-3-1-2-4(6)8-7-3/h4-11H,1-3H3,(H3,21,26,29);4-11H,1-3H3;3-10H,1-2H3;3-8H,9,15H2,1-2H3;4-9H,1-3H3;1-2H/b23-12+;;;;;. The van der Waals surface area contributed by atoms with Crippen LogP contribution < -0.4 is 16.9 Å². The highest BCUT2D eigenvalue weighted by molar-refractivity contribution is 6.31. The maximum Gasteiger partial charge on any atom is 0.332 e. The molecule has 0 saturated carbocycles. The van der Waals surface area contributed by atoms with Crippen molar-refractivity contribution in [2.24, 2.45) is 16.6 Å². The fourth-order valence-electron chi connectivity index (χ4n) is 12.9. The number of carbonyl (C=O) groups is 4. The van der Waals surface area contributed by atoms with E-state index in [2.05, 4.69) is 163 Å². The SMILES string of the molecule is C/C(=N\NC(N)=O)c1ccc2nnc(C(C)(C)c3ccc4ncccc4c3)n2n1.CC(=O)c1ccc2nnc(C(C)(C)c3ccc4ncccc4c3)n2n1.CC(C)(C(=O)CN)c1ccc2ncccc2c1.CC(C)(c1ccc2ncccc2c1)c1nnc2ccc(Cl)nn12.COC(=O)C(C)(C)c1ccc2ncccc2c1.Clc1ccc(Cl)nn1. The van der Waals surface area contributed by atoms with Crippen LogP contribution in [0.3, 0.4) is 0 Å². The number of ketones is 2. The molecular weight excluding hydrogens is 1570 g/mol. The Bertz CT molecular complexity index is 6520. The van der Waals surface area contributed by atoms with Crippen molar-refractivity contribution in [1.29, 1.82) is 0 Å². The molecular formula is C88H84Cl3N23O5. The summed E-state index contributed by atoms with van der Waals surface area (Å²) in [5, 5.41) is 56.4. The Labute approximate surface area is 698 Å². The molecule has 0 saturated heterocycles. The van der Waals surface area contributed by atoms with Crippen LogP contribution in [0.2, 0.25) is 15.5 Å². The van der Waals surface area contributed by atoms with E-state index in [4.69, 9.17) is 51.0 Å². The number of aromatic nitrogens is 19. The maximum absolute atomic E-state index is 11.8. The number of carbonyl (C=O) groups excluding carboxylic acids is 4. The molecule has 0 fully saturated rings. The fraction of sp³-hybridized carbons (Fsp3) is 0.216. The molecule has 17 aromatic rings. The zero-order chi connectivity index (χ0) is 85.1. The molecule has 0 radical (unpaired) electrons. The molecule has 28 nitrogen and oxygen atoms in total. The smallest absolute Gasteiger partial charge is 0.332 e. The first-order chi connectivity index (χ1) is 56.8. The Morgan fingerprint density at radius 2 is 0.714 bits per heavy atom. The summed E-state index contributed by atoms with van der Waals surface area (Å²) >= 11 is 16.8. The van der Waals surface area contributed by atoms with Crippen LogP contribution in [0, 0.1) is 0 Å². The predicted molar refractivity (Wildman–Crippen MR) is 462 cm³/mol. The van der Waals surface area contributed by atoms with Crippen molar-refractivity contribution < 1.29 is 23.9 Å². The van der Waals surface area contributed by atoms with Gasteiger partial charge in [-0.25, -0.2) is 10.2 Å². The maximum atomic E-state index is 11.8. The number of ether oxygens (including phenoxy) is 1. The molecule has 602 valence electrons. The molecule has 0 aliphatic heterocycles. The third kappa shape index (κ3) is 19.1. The van der Waals surface area contributed by atoms with Gasteiger partial charge >= 0.3 is 12.0 Å². The summed E-state index contributed by atoms with van der Waals surface area (Å²) in [5.41, 5.74) is 23.6. The summed E-state index contributed by atoms with van der Waals surface area (Å²) < 4.78 is 9.89. The van der Waals surface area contributed by atoms with Crippen LogP contribution in [0.25, 0.3) is 71.5 Å². The molecule has 0 aliphatic carbocycles. The summed E-state index contributed by atoms with van der Waals surface area (Å²) in [6.45, 7) is 23.3. The van der Waals surface area contributed by atoms with Crippen molar-refractivity contribution in [2.45, 2.75) is 110 Å². The van der Waals surface area contributed by atoms with Gasteiger partial charge in [0.15, 0.2) is 56.3 Å². The Hall–Kier alpha value is -13.5. The Morgan fingerprint density at radius 1 is 0.395 bits per heavy atom. The average Bonchev–Trinajstić information content (AvgIpc) is 1.67. The van der Waals surface area contributed by atoms with E-state index >= 15 is 0 Å². The van der Waals surface area contributed by atoms with E-state index in [1.54, 1.807) is 87.9 Å². The van der Waals surface area contributed by atoms with Crippen molar-refractivity contribution in [2.75, 3.05) is 13.7 Å². The van der Waals surface area contributed by atoms with Gasteiger partial charge < -0.3 is 16.2 Å². The Kier molecular flexibility index (Phi) is 25.6. The molecule has 119 heavy (non-hydrogen) atoms. The number of hydrazone groups is 1. The number of esters is 1. The Balaban J connectivity index is 0.000000135. The number of nitrogens with two attached hydrogens (primary N) is 2. The second-order valence-electron chi connectivity index (χ2n) is 30.2. The van der Waals surface area contributed by atoms with Crippen LogP contribution in [0.5, 0.6) is 0 Å². The number of nitrogens with zero attached hydrogens (tertiary/aromatic N) is 20. The lowest BCUT2D eigenvalue weighted by atomic mass is 9.80. The Morgan fingerprint density at radius 3 is 1.06 bits per heavy atom. The number of hydrogen-bond acceptors (Lipinski definition) is 23. The van der Waals surface area contributed by atoms with Crippen molar-refractivity contribution in [3.05, 3.63) is 303 Å². The van der Waals surface area contributed by atoms with Crippen molar-refractivity contribution in [3.8, 4) is 0 Å². The predicted octanol–water partition coefficient (Wildman–Crippen LogP) is 15.8. The topological polar surface area (TPSA) is 373 Å². The molecule has 5 N–H and O–H groups in total. The summed E-state index contributed by atoms with van der Waals surface area (Å²) in [4.78, 5) is 67.7. The molecule has 0 bridgehead atoms. The molecule has 12 aromatic heterocycles. The summed E-state index contributed by atoms with van der Waals surface area (Å²) in [6.07, 6.45) is 8.88. The number of urea groups is 1. The van der Waals surface area contributed by atoms with Gasteiger partial charge in [0.1, 0.15) is 16.5 Å². The van der Waals surface area contributed by atoms with Gasteiger partial charge in [-0.2, -0.15) is 33.9 Å². The number of hydrogen-bond donors (Lipinski definition) is 3. The number of fused-ring (bicyclic) bond motifs is 8. The van der Waals surface area contributed by atoms with E-state index in [0.29, 0.717) is 61.1 Å². The van der Waals surface area contributed by atoms with Gasteiger partial charge in [-0.1, -0.05) is 95.5 Å². The molecule has 0 atom stereocenters. The van der Waals surface area contributed by atoms with Crippen LogP contribution in [0.4, 0.5) is 4.79 Å². The highest BCUT2D eigenvalue weighted by Crippen LogP contribution is 2.36. The lowest BCUT2D eigenvalue weighted by molar-refractivity contribution is -0.146. The van der Waals surface area contributed by atoms with Crippen LogP contribution in [0.1, 0.15) is 145 Å². The third-order valence-electron chi connectivity index (χ3n) is 20.3. The first-order valence-corrected chi connectivity index (χ1v) is 38.6. The minimum atomic E-state index is -0.734. The van der Waals surface area contributed by atoms with Gasteiger partial charge in [0.2, 0.25) is 0 Å². The van der Waals surface area contributed by atoms with E-state index in [1.807, 2.05) is 161 Å². The number of nitrogens with one attached hydrogen (secondary N) is 1. The second-order valence-corrected chi connectivity index (χ2v) is 31.3. The molecule has 17 rings (SSSR count). The summed E-state index contributed by atoms with van der Waals surface area (Å²) in [5.74, 6) is 1.85. The summed E-state index contributed by atoms with van der Waals surface area (Å²) in [7, 11) is 1.41. The van der Waals surface area contributed by atoms with E-state index in [-0.39, 0.29) is 29.5 Å². The minimum absolute atomic E-state index is 0.0424. The second kappa shape index (κ2) is 35.9. The summed E-state index contributed by atoms with van der Waals surface area (Å²) in [6, 6.07) is 62.9. The number of benzene rings is 5. The number of methoxy groups -OCH3 is 1. The quantitative estimate of drug-likeness (QED) is 0.0394. The van der Waals surface area contributed by atoms with Gasteiger partial charge in [-0.15, -0.1) is 40.8 Å². The molecule has 5 aromatic carbocycles.